The van der Waals surface area contributed by atoms with E-state index in [9.17, 15) is 12.8 Å². The van der Waals surface area contributed by atoms with Crippen LogP contribution in [0.5, 0.6) is 0 Å². The number of aryl methyl sites for hydroxylation is 1. The highest BCUT2D eigenvalue weighted by molar-refractivity contribution is 7.89. The van der Waals surface area contributed by atoms with Gasteiger partial charge in [0.2, 0.25) is 10.0 Å². The second-order valence-electron chi connectivity index (χ2n) is 4.65. The molecule has 1 heterocycles. The molecular formula is C12H17FN2O2S. The van der Waals surface area contributed by atoms with Gasteiger partial charge in [-0.3, -0.25) is 0 Å². The van der Waals surface area contributed by atoms with Crippen LogP contribution < -0.4 is 5.73 Å². The summed E-state index contributed by atoms with van der Waals surface area (Å²) in [4.78, 5) is -0.253. The Morgan fingerprint density at radius 1 is 1.44 bits per heavy atom. The fourth-order valence-electron chi connectivity index (χ4n) is 2.15. The Morgan fingerprint density at radius 3 is 2.83 bits per heavy atom. The first-order chi connectivity index (χ1) is 8.43. The van der Waals surface area contributed by atoms with Gasteiger partial charge in [0.15, 0.2) is 0 Å². The van der Waals surface area contributed by atoms with Crippen LogP contribution in [-0.2, 0) is 10.0 Å². The molecule has 6 heteroatoms. The van der Waals surface area contributed by atoms with Gasteiger partial charge < -0.3 is 5.73 Å². The second-order valence-corrected chi connectivity index (χ2v) is 6.56. The summed E-state index contributed by atoms with van der Waals surface area (Å²) in [5.74, 6) is -0.670. The summed E-state index contributed by atoms with van der Waals surface area (Å²) in [7, 11) is -3.77. The molecule has 0 spiro atoms. The van der Waals surface area contributed by atoms with Gasteiger partial charge in [0.25, 0.3) is 0 Å². The molecule has 0 aromatic heterocycles. The highest BCUT2D eigenvalue weighted by Gasteiger charge is 2.31. The smallest absolute Gasteiger partial charge is 0.246 e. The Labute approximate surface area is 107 Å². The van der Waals surface area contributed by atoms with Crippen LogP contribution in [0.1, 0.15) is 18.4 Å². The molecule has 2 N–H and O–H groups in total. The van der Waals surface area contributed by atoms with Crippen LogP contribution in [0.3, 0.4) is 0 Å². The predicted octanol–water partition coefficient (Wildman–Crippen LogP) is 1.25. The molecule has 0 bridgehead atoms. The summed E-state index contributed by atoms with van der Waals surface area (Å²) in [5, 5.41) is 0. The van der Waals surface area contributed by atoms with E-state index in [1.165, 1.54) is 10.4 Å². The van der Waals surface area contributed by atoms with E-state index in [0.29, 0.717) is 18.5 Å². The van der Waals surface area contributed by atoms with Crippen LogP contribution in [0.2, 0.25) is 0 Å². The first-order valence-corrected chi connectivity index (χ1v) is 7.38. The number of hydrogen-bond acceptors (Lipinski definition) is 3. The largest absolute Gasteiger partial charge is 0.327 e. The van der Waals surface area contributed by atoms with Crippen LogP contribution in [0.15, 0.2) is 23.1 Å². The lowest BCUT2D eigenvalue weighted by Gasteiger charge is -2.30. The number of sulfonamides is 1. The summed E-state index contributed by atoms with van der Waals surface area (Å²) < 4.78 is 39.9. The van der Waals surface area contributed by atoms with Crippen molar-refractivity contribution >= 4 is 10.0 Å². The Morgan fingerprint density at radius 2 is 2.17 bits per heavy atom. The third-order valence-electron chi connectivity index (χ3n) is 3.19. The van der Waals surface area contributed by atoms with Gasteiger partial charge in [0.1, 0.15) is 10.7 Å². The first-order valence-electron chi connectivity index (χ1n) is 5.94. The van der Waals surface area contributed by atoms with Crippen molar-refractivity contribution < 1.29 is 12.8 Å². The van der Waals surface area contributed by atoms with Gasteiger partial charge in [-0.25, -0.2) is 12.8 Å². The van der Waals surface area contributed by atoms with E-state index in [-0.39, 0.29) is 17.5 Å². The van der Waals surface area contributed by atoms with Crippen molar-refractivity contribution in [1.29, 1.82) is 0 Å². The third-order valence-corrected chi connectivity index (χ3v) is 5.08. The number of nitrogens with two attached hydrogens (primary N) is 1. The van der Waals surface area contributed by atoms with Crippen molar-refractivity contribution in [3.63, 3.8) is 0 Å². The summed E-state index contributed by atoms with van der Waals surface area (Å²) in [6.45, 7) is 2.22. The number of benzene rings is 1. The minimum atomic E-state index is -3.77. The van der Waals surface area contributed by atoms with Gasteiger partial charge in [-0.05, 0) is 31.4 Å². The van der Waals surface area contributed by atoms with Crippen molar-refractivity contribution in [3.05, 3.63) is 29.6 Å². The molecule has 18 heavy (non-hydrogen) atoms. The molecule has 0 radical (unpaired) electrons. The fourth-order valence-corrected chi connectivity index (χ4v) is 3.82. The second kappa shape index (κ2) is 4.95. The summed E-state index contributed by atoms with van der Waals surface area (Å²) in [6, 6.07) is 4.24. The lowest BCUT2D eigenvalue weighted by molar-refractivity contribution is 0.315. The summed E-state index contributed by atoms with van der Waals surface area (Å²) in [5.41, 5.74) is 6.10. The van der Waals surface area contributed by atoms with Gasteiger partial charge in [-0.1, -0.05) is 12.1 Å². The summed E-state index contributed by atoms with van der Waals surface area (Å²) >= 11 is 0. The first kappa shape index (κ1) is 13.5. The van der Waals surface area contributed by atoms with Crippen LogP contribution in [-0.4, -0.2) is 31.9 Å². The zero-order chi connectivity index (χ0) is 13.3. The lowest BCUT2D eigenvalue weighted by Crippen LogP contribution is -2.45. The van der Waals surface area contributed by atoms with Gasteiger partial charge in [-0.15, -0.1) is 0 Å². The number of hydrogen-bond donors (Lipinski definition) is 1. The molecule has 1 aromatic rings. The maximum Gasteiger partial charge on any atom is 0.246 e. The molecule has 1 aromatic carbocycles. The van der Waals surface area contributed by atoms with Gasteiger partial charge in [0.05, 0.1) is 0 Å². The molecule has 1 saturated heterocycles. The SMILES string of the molecule is Cc1cccc(S(=O)(=O)N2CCCC(N)C2)c1F. The Balaban J connectivity index is 2.39. The van der Waals surface area contributed by atoms with E-state index < -0.39 is 15.8 Å². The number of halogens is 1. The van der Waals surface area contributed by atoms with Crippen molar-refractivity contribution in [2.45, 2.75) is 30.7 Å². The van der Waals surface area contributed by atoms with Crippen molar-refractivity contribution in [3.8, 4) is 0 Å². The molecule has 100 valence electrons. The maximum absolute atomic E-state index is 13.9. The molecule has 0 aliphatic carbocycles. The highest BCUT2D eigenvalue weighted by Crippen LogP contribution is 2.23. The Bertz CT molecular complexity index is 545. The van der Waals surface area contributed by atoms with Crippen LogP contribution in [0, 0.1) is 12.7 Å². The zero-order valence-corrected chi connectivity index (χ0v) is 11.1. The molecule has 1 atom stereocenters. The van der Waals surface area contributed by atoms with Crippen LogP contribution >= 0.6 is 0 Å². The normalized spacial score (nSPS) is 22.1. The standard InChI is InChI=1S/C12H17FN2O2S/c1-9-4-2-6-11(12(9)13)18(16,17)15-7-3-5-10(14)8-15/h2,4,6,10H,3,5,7-8,14H2,1H3. The van der Waals surface area contributed by atoms with Crippen LogP contribution in [0.25, 0.3) is 0 Å². The minimum Gasteiger partial charge on any atom is -0.327 e. The number of nitrogens with zero attached hydrogens (tertiary/aromatic N) is 1. The Kier molecular flexibility index (Phi) is 3.70. The molecule has 0 amide bonds. The van der Waals surface area contributed by atoms with Crippen molar-refractivity contribution in [2.75, 3.05) is 13.1 Å². The van der Waals surface area contributed by atoms with Gasteiger partial charge in [0, 0.05) is 19.1 Å². The lowest BCUT2D eigenvalue weighted by atomic mass is 10.1. The van der Waals surface area contributed by atoms with E-state index in [4.69, 9.17) is 5.73 Å². The minimum absolute atomic E-state index is 0.165. The quantitative estimate of drug-likeness (QED) is 0.881. The van der Waals surface area contributed by atoms with E-state index in [1.54, 1.807) is 19.1 Å². The fraction of sp³-hybridized carbons (Fsp3) is 0.500. The Hall–Kier alpha value is -0.980. The number of piperidine rings is 1. The average molecular weight is 272 g/mol. The van der Waals surface area contributed by atoms with Gasteiger partial charge in [-0.2, -0.15) is 4.31 Å². The van der Waals surface area contributed by atoms with Gasteiger partial charge >= 0.3 is 0 Å². The zero-order valence-electron chi connectivity index (χ0n) is 10.3. The summed E-state index contributed by atoms with van der Waals surface area (Å²) in [6.07, 6.45) is 1.52. The van der Waals surface area contributed by atoms with Crippen molar-refractivity contribution in [2.24, 2.45) is 5.73 Å². The maximum atomic E-state index is 13.9. The number of rotatable bonds is 2. The van der Waals surface area contributed by atoms with Crippen molar-refractivity contribution in [1.82, 2.24) is 4.31 Å². The third kappa shape index (κ3) is 2.41. The molecule has 1 aliphatic rings. The average Bonchev–Trinajstić information content (AvgIpc) is 2.32. The predicted molar refractivity (Wildman–Crippen MR) is 67.1 cm³/mol. The monoisotopic (exact) mass is 272 g/mol. The van der Waals surface area contributed by atoms with E-state index in [0.717, 1.165) is 6.42 Å². The molecule has 1 fully saturated rings. The highest BCUT2D eigenvalue weighted by atomic mass is 32.2. The van der Waals surface area contributed by atoms with E-state index in [1.807, 2.05) is 0 Å². The molecule has 0 saturated carbocycles. The topological polar surface area (TPSA) is 63.4 Å². The molecule has 1 unspecified atom stereocenters. The molecule has 2 rings (SSSR count). The van der Waals surface area contributed by atoms with E-state index >= 15 is 0 Å². The molecule has 4 nitrogen and oxygen atoms in total. The molecule has 1 aliphatic heterocycles. The van der Waals surface area contributed by atoms with E-state index in [2.05, 4.69) is 0 Å². The molecular weight excluding hydrogens is 255 g/mol. The van der Waals surface area contributed by atoms with Crippen LogP contribution in [0.4, 0.5) is 4.39 Å².